The van der Waals surface area contributed by atoms with Gasteiger partial charge < -0.3 is 9.84 Å². The molecule has 0 bridgehead atoms. The van der Waals surface area contributed by atoms with E-state index in [9.17, 15) is 14.3 Å². The second-order valence-corrected chi connectivity index (χ2v) is 5.83. The molecular formula is C14H16BrFO3. The number of hydrogen-bond acceptors (Lipinski definition) is 2. The third-order valence-corrected chi connectivity index (χ3v) is 4.56. The van der Waals surface area contributed by atoms with Crippen molar-refractivity contribution in [2.75, 3.05) is 7.11 Å². The standard InChI is InChI=1S/C14H16BrFO3/c1-8-11(16)10(15)7-9(12(8)19-2)14(13(17)18)5-3-4-6-14/h7H,3-6H2,1-2H3,(H,17,18). The lowest BCUT2D eigenvalue weighted by Crippen LogP contribution is -2.33. The highest BCUT2D eigenvalue weighted by Crippen LogP contribution is 2.47. The zero-order valence-corrected chi connectivity index (χ0v) is 12.5. The van der Waals surface area contributed by atoms with E-state index in [-0.39, 0.29) is 4.47 Å². The fourth-order valence-electron chi connectivity index (χ4n) is 2.93. The average Bonchev–Trinajstić information content (AvgIpc) is 2.86. The summed E-state index contributed by atoms with van der Waals surface area (Å²) in [7, 11) is 1.45. The first kappa shape index (κ1) is 14.3. The fraction of sp³-hybridized carbons (Fsp3) is 0.500. The normalized spacial score (nSPS) is 17.5. The second kappa shape index (κ2) is 5.12. The van der Waals surface area contributed by atoms with Crippen molar-refractivity contribution >= 4 is 21.9 Å². The number of hydrogen-bond donors (Lipinski definition) is 1. The van der Waals surface area contributed by atoms with Crippen molar-refractivity contribution in [3.05, 3.63) is 27.5 Å². The highest BCUT2D eigenvalue weighted by Gasteiger charge is 2.45. The van der Waals surface area contributed by atoms with E-state index in [1.165, 1.54) is 7.11 Å². The summed E-state index contributed by atoms with van der Waals surface area (Å²) in [6, 6.07) is 1.56. The number of ether oxygens (including phenoxy) is 1. The zero-order valence-electron chi connectivity index (χ0n) is 10.9. The van der Waals surface area contributed by atoms with Gasteiger partial charge in [0.2, 0.25) is 0 Å². The van der Waals surface area contributed by atoms with Gasteiger partial charge >= 0.3 is 5.97 Å². The molecule has 1 aromatic rings. The minimum atomic E-state index is -0.952. The fourth-order valence-corrected chi connectivity index (χ4v) is 3.46. The van der Waals surface area contributed by atoms with Crippen LogP contribution in [0.15, 0.2) is 10.5 Å². The molecule has 1 aliphatic rings. The van der Waals surface area contributed by atoms with E-state index in [0.29, 0.717) is 29.7 Å². The number of carbonyl (C=O) groups is 1. The maximum atomic E-state index is 13.9. The molecule has 1 fully saturated rings. The van der Waals surface area contributed by atoms with Gasteiger partial charge in [-0.05, 0) is 41.8 Å². The third kappa shape index (κ3) is 2.14. The lowest BCUT2D eigenvalue weighted by molar-refractivity contribution is -0.143. The lowest BCUT2D eigenvalue weighted by Gasteiger charge is -2.27. The Morgan fingerprint density at radius 2 is 2.05 bits per heavy atom. The predicted molar refractivity (Wildman–Crippen MR) is 73.2 cm³/mol. The molecule has 0 aromatic heterocycles. The van der Waals surface area contributed by atoms with Crippen molar-refractivity contribution in [1.29, 1.82) is 0 Å². The van der Waals surface area contributed by atoms with Crippen LogP contribution in [0, 0.1) is 12.7 Å². The SMILES string of the molecule is COc1c(C2(C(=O)O)CCCC2)cc(Br)c(F)c1C. The largest absolute Gasteiger partial charge is 0.496 e. The van der Waals surface area contributed by atoms with Crippen LogP contribution in [0.25, 0.3) is 0 Å². The lowest BCUT2D eigenvalue weighted by atomic mass is 9.77. The molecule has 3 nitrogen and oxygen atoms in total. The number of methoxy groups -OCH3 is 1. The predicted octanol–water partition coefficient (Wildman–Crippen LogP) is 3.80. The Morgan fingerprint density at radius 3 is 2.53 bits per heavy atom. The molecule has 1 saturated carbocycles. The summed E-state index contributed by atoms with van der Waals surface area (Å²) in [5, 5.41) is 9.62. The number of rotatable bonds is 3. The van der Waals surface area contributed by atoms with Gasteiger partial charge in [-0.25, -0.2) is 4.39 Å². The first-order valence-electron chi connectivity index (χ1n) is 6.20. The quantitative estimate of drug-likeness (QED) is 0.916. The molecular weight excluding hydrogens is 315 g/mol. The highest BCUT2D eigenvalue weighted by molar-refractivity contribution is 9.10. The summed E-state index contributed by atoms with van der Waals surface area (Å²) < 4.78 is 19.5. The number of halogens is 2. The smallest absolute Gasteiger partial charge is 0.314 e. The molecule has 1 aliphatic carbocycles. The van der Waals surface area contributed by atoms with Crippen LogP contribution < -0.4 is 4.74 Å². The molecule has 104 valence electrons. The molecule has 0 spiro atoms. The topological polar surface area (TPSA) is 46.5 Å². The van der Waals surface area contributed by atoms with Crippen LogP contribution in [-0.2, 0) is 10.2 Å². The number of benzene rings is 1. The summed E-state index contributed by atoms with van der Waals surface area (Å²) in [4.78, 5) is 11.7. The Morgan fingerprint density at radius 1 is 1.47 bits per heavy atom. The molecule has 0 amide bonds. The molecule has 2 rings (SSSR count). The Labute approximate surface area is 119 Å². The van der Waals surface area contributed by atoms with Gasteiger partial charge in [-0.1, -0.05) is 12.8 Å². The van der Waals surface area contributed by atoms with E-state index < -0.39 is 17.2 Å². The molecule has 5 heteroatoms. The third-order valence-electron chi connectivity index (χ3n) is 3.98. The van der Waals surface area contributed by atoms with E-state index in [2.05, 4.69) is 15.9 Å². The minimum absolute atomic E-state index is 0.285. The molecule has 0 heterocycles. The maximum absolute atomic E-state index is 13.9. The Kier molecular flexibility index (Phi) is 3.85. The Bertz CT molecular complexity index is 522. The van der Waals surface area contributed by atoms with Gasteiger partial charge in [0.1, 0.15) is 11.6 Å². The van der Waals surface area contributed by atoms with Crippen LogP contribution >= 0.6 is 15.9 Å². The van der Waals surface area contributed by atoms with E-state index in [0.717, 1.165) is 12.8 Å². The van der Waals surface area contributed by atoms with Crippen molar-refractivity contribution < 1.29 is 19.0 Å². The molecule has 19 heavy (non-hydrogen) atoms. The van der Waals surface area contributed by atoms with Crippen molar-refractivity contribution in [3.8, 4) is 5.75 Å². The van der Waals surface area contributed by atoms with Gasteiger partial charge in [0.15, 0.2) is 0 Å². The van der Waals surface area contributed by atoms with Crippen LogP contribution in [-0.4, -0.2) is 18.2 Å². The summed E-state index contributed by atoms with van der Waals surface area (Å²) in [6.45, 7) is 1.60. The summed E-state index contributed by atoms with van der Waals surface area (Å²) in [6.07, 6.45) is 2.86. The Hall–Kier alpha value is -1.10. The highest BCUT2D eigenvalue weighted by atomic mass is 79.9. The van der Waals surface area contributed by atoms with Crippen LogP contribution in [0.3, 0.4) is 0 Å². The van der Waals surface area contributed by atoms with Crippen LogP contribution in [0.1, 0.15) is 36.8 Å². The second-order valence-electron chi connectivity index (χ2n) is 4.97. The van der Waals surface area contributed by atoms with Crippen LogP contribution in [0.5, 0.6) is 5.75 Å². The van der Waals surface area contributed by atoms with Gasteiger partial charge in [-0.3, -0.25) is 4.79 Å². The Balaban J connectivity index is 2.70. The van der Waals surface area contributed by atoms with Crippen molar-refractivity contribution in [2.45, 2.75) is 38.0 Å². The molecule has 0 unspecified atom stereocenters. The molecule has 0 atom stereocenters. The number of carboxylic acid groups (broad SMARTS) is 1. The van der Waals surface area contributed by atoms with E-state index in [4.69, 9.17) is 4.74 Å². The van der Waals surface area contributed by atoms with E-state index in [1.54, 1.807) is 13.0 Å². The van der Waals surface area contributed by atoms with Gasteiger partial charge in [0, 0.05) is 11.1 Å². The monoisotopic (exact) mass is 330 g/mol. The van der Waals surface area contributed by atoms with Crippen molar-refractivity contribution in [1.82, 2.24) is 0 Å². The van der Waals surface area contributed by atoms with Gasteiger partial charge in [0.25, 0.3) is 0 Å². The van der Waals surface area contributed by atoms with Gasteiger partial charge in [-0.2, -0.15) is 0 Å². The molecule has 0 aliphatic heterocycles. The van der Waals surface area contributed by atoms with Crippen LogP contribution in [0.4, 0.5) is 4.39 Å². The number of aliphatic carboxylic acids is 1. The van der Waals surface area contributed by atoms with E-state index >= 15 is 0 Å². The van der Waals surface area contributed by atoms with Crippen LogP contribution in [0.2, 0.25) is 0 Å². The molecule has 0 saturated heterocycles. The summed E-state index contributed by atoms with van der Waals surface area (Å²) in [5.74, 6) is -0.912. The van der Waals surface area contributed by atoms with Crippen molar-refractivity contribution in [2.24, 2.45) is 0 Å². The summed E-state index contributed by atoms with van der Waals surface area (Å²) >= 11 is 3.16. The van der Waals surface area contributed by atoms with Gasteiger partial charge in [0.05, 0.1) is 17.0 Å². The van der Waals surface area contributed by atoms with Gasteiger partial charge in [-0.15, -0.1) is 0 Å². The zero-order chi connectivity index (χ0) is 14.2. The first-order valence-corrected chi connectivity index (χ1v) is 7.00. The first-order chi connectivity index (χ1) is 8.94. The average molecular weight is 331 g/mol. The summed E-state index contributed by atoms with van der Waals surface area (Å²) in [5.41, 5.74) is -0.0306. The molecule has 1 N–H and O–H groups in total. The number of carboxylic acids is 1. The molecule has 0 radical (unpaired) electrons. The minimum Gasteiger partial charge on any atom is -0.496 e. The van der Waals surface area contributed by atoms with E-state index in [1.807, 2.05) is 0 Å². The maximum Gasteiger partial charge on any atom is 0.314 e. The van der Waals surface area contributed by atoms with Crippen molar-refractivity contribution in [3.63, 3.8) is 0 Å². The molecule has 1 aromatic carbocycles.